The molecule has 0 saturated carbocycles. The molecule has 2 aromatic carbocycles. The first kappa shape index (κ1) is 16.7. The molecule has 0 unspecified atom stereocenters. The molecule has 0 spiro atoms. The van der Waals surface area contributed by atoms with Crippen LogP contribution in [-0.4, -0.2) is 23.8 Å². The fourth-order valence-electron chi connectivity index (χ4n) is 1.83. The number of carbonyl (C=O) groups is 1. The van der Waals surface area contributed by atoms with Gasteiger partial charge in [-0.1, -0.05) is 42.0 Å². The molecule has 2 aromatic rings. The summed E-state index contributed by atoms with van der Waals surface area (Å²) in [4.78, 5) is 11.9. The maximum atomic E-state index is 11.9. The third-order valence-electron chi connectivity index (χ3n) is 2.95. The lowest BCUT2D eigenvalue weighted by Gasteiger charge is -2.02. The molecule has 118 valence electrons. The van der Waals surface area contributed by atoms with Crippen LogP contribution < -0.4 is 11.2 Å². The van der Waals surface area contributed by atoms with Crippen LogP contribution in [0.5, 0.6) is 5.75 Å². The van der Waals surface area contributed by atoms with Crippen LogP contribution in [-0.2, 0) is 0 Å². The number of phenols is 1. The molecule has 0 aliphatic carbocycles. The molecule has 0 atom stereocenters. The van der Waals surface area contributed by atoms with Crippen LogP contribution in [0.25, 0.3) is 6.08 Å². The van der Waals surface area contributed by atoms with Gasteiger partial charge in [0.2, 0.25) is 0 Å². The maximum Gasteiger partial charge on any atom is 0.271 e. The highest BCUT2D eigenvalue weighted by Crippen LogP contribution is 2.23. The number of nitrogens with zero attached hydrogens (tertiary/aromatic N) is 1. The standard InChI is InChI=1S/C17H16ClN3O2/c18-15-10-14(6-7-16(15)22)17(23)21-20-11-13-4-1-3-12(9-13)5-2-8-19/h1-7,9-11,22H,8,19H2,(H,21,23). The van der Waals surface area contributed by atoms with Gasteiger partial charge in [0, 0.05) is 12.1 Å². The van der Waals surface area contributed by atoms with E-state index in [9.17, 15) is 9.90 Å². The second kappa shape index (κ2) is 8.12. The largest absolute Gasteiger partial charge is 0.506 e. The van der Waals surface area contributed by atoms with Gasteiger partial charge in [0.15, 0.2) is 0 Å². The van der Waals surface area contributed by atoms with E-state index in [1.807, 2.05) is 36.4 Å². The molecule has 23 heavy (non-hydrogen) atoms. The molecular weight excluding hydrogens is 314 g/mol. The van der Waals surface area contributed by atoms with Crippen molar-refractivity contribution in [3.63, 3.8) is 0 Å². The van der Waals surface area contributed by atoms with E-state index < -0.39 is 5.91 Å². The fraction of sp³-hybridized carbons (Fsp3) is 0.0588. The Hall–Kier alpha value is -2.63. The highest BCUT2D eigenvalue weighted by Gasteiger charge is 2.07. The Balaban J connectivity index is 2.02. The molecule has 1 amide bonds. The summed E-state index contributed by atoms with van der Waals surface area (Å²) in [5.74, 6) is -0.489. The minimum atomic E-state index is -0.415. The molecule has 0 fully saturated rings. The van der Waals surface area contributed by atoms with Crippen molar-refractivity contribution in [1.82, 2.24) is 5.43 Å². The molecule has 0 saturated heterocycles. The van der Waals surface area contributed by atoms with Crippen molar-refractivity contribution in [2.24, 2.45) is 10.8 Å². The normalized spacial score (nSPS) is 11.2. The SMILES string of the molecule is NCC=Cc1cccc(C=NNC(=O)c2ccc(O)c(Cl)c2)c1. The van der Waals surface area contributed by atoms with Gasteiger partial charge >= 0.3 is 0 Å². The Bertz CT molecular complexity index is 757. The molecular formula is C17H16ClN3O2. The lowest BCUT2D eigenvalue weighted by Crippen LogP contribution is -2.17. The number of hydrazone groups is 1. The minimum Gasteiger partial charge on any atom is -0.506 e. The van der Waals surface area contributed by atoms with Crippen molar-refractivity contribution in [3.8, 4) is 5.75 Å². The second-order valence-corrected chi connectivity index (χ2v) is 5.08. The molecule has 0 heterocycles. The Morgan fingerprint density at radius 1 is 1.26 bits per heavy atom. The van der Waals surface area contributed by atoms with Crippen LogP contribution in [0.2, 0.25) is 5.02 Å². The van der Waals surface area contributed by atoms with E-state index >= 15 is 0 Å². The van der Waals surface area contributed by atoms with E-state index in [2.05, 4.69) is 10.5 Å². The summed E-state index contributed by atoms with van der Waals surface area (Å²) in [7, 11) is 0. The van der Waals surface area contributed by atoms with E-state index in [4.69, 9.17) is 17.3 Å². The second-order valence-electron chi connectivity index (χ2n) is 4.67. The highest BCUT2D eigenvalue weighted by atomic mass is 35.5. The zero-order valence-electron chi connectivity index (χ0n) is 12.2. The van der Waals surface area contributed by atoms with Crippen molar-refractivity contribution in [3.05, 3.63) is 70.3 Å². The van der Waals surface area contributed by atoms with Crippen LogP contribution in [0, 0.1) is 0 Å². The quantitative estimate of drug-likeness (QED) is 0.582. The van der Waals surface area contributed by atoms with Crippen LogP contribution >= 0.6 is 11.6 Å². The number of nitrogens with one attached hydrogen (secondary N) is 1. The monoisotopic (exact) mass is 329 g/mol. The Kier molecular flexibility index (Phi) is 5.91. The predicted molar refractivity (Wildman–Crippen MR) is 92.7 cm³/mol. The van der Waals surface area contributed by atoms with Crippen molar-refractivity contribution in [2.45, 2.75) is 0 Å². The number of nitrogens with two attached hydrogens (primary N) is 1. The van der Waals surface area contributed by atoms with Gasteiger partial charge in [-0.3, -0.25) is 4.79 Å². The first-order valence-electron chi connectivity index (χ1n) is 6.89. The molecule has 4 N–H and O–H groups in total. The maximum absolute atomic E-state index is 11.9. The zero-order chi connectivity index (χ0) is 16.7. The van der Waals surface area contributed by atoms with Crippen LogP contribution in [0.15, 0.2) is 53.6 Å². The molecule has 2 rings (SSSR count). The molecule has 6 heteroatoms. The summed E-state index contributed by atoms with van der Waals surface area (Å²) < 4.78 is 0. The number of hydrogen-bond donors (Lipinski definition) is 3. The van der Waals surface area contributed by atoms with E-state index in [0.29, 0.717) is 12.1 Å². The Morgan fingerprint density at radius 2 is 2.04 bits per heavy atom. The van der Waals surface area contributed by atoms with E-state index in [-0.39, 0.29) is 10.8 Å². The number of rotatable bonds is 5. The van der Waals surface area contributed by atoms with Gasteiger partial charge in [0.1, 0.15) is 5.75 Å². The topological polar surface area (TPSA) is 87.7 Å². The Labute approximate surface area is 139 Å². The Morgan fingerprint density at radius 3 is 2.78 bits per heavy atom. The zero-order valence-corrected chi connectivity index (χ0v) is 13.0. The number of benzene rings is 2. The number of phenolic OH excluding ortho intramolecular Hbond substituents is 1. The average molecular weight is 330 g/mol. The third-order valence-corrected chi connectivity index (χ3v) is 3.25. The van der Waals surface area contributed by atoms with Gasteiger partial charge in [0.05, 0.1) is 11.2 Å². The van der Waals surface area contributed by atoms with E-state index in [1.165, 1.54) is 18.2 Å². The first-order valence-corrected chi connectivity index (χ1v) is 7.26. The smallest absolute Gasteiger partial charge is 0.271 e. The number of carbonyl (C=O) groups excluding carboxylic acids is 1. The van der Waals surface area contributed by atoms with Gasteiger partial charge in [-0.25, -0.2) is 5.43 Å². The first-order chi connectivity index (χ1) is 11.1. The van der Waals surface area contributed by atoms with Gasteiger partial charge in [-0.15, -0.1) is 0 Å². The summed E-state index contributed by atoms with van der Waals surface area (Å²) in [6, 6.07) is 11.8. The van der Waals surface area contributed by atoms with Gasteiger partial charge in [-0.05, 0) is 35.4 Å². The molecule has 0 aliphatic heterocycles. The fourth-order valence-corrected chi connectivity index (χ4v) is 2.01. The summed E-state index contributed by atoms with van der Waals surface area (Å²) in [6.45, 7) is 0.476. The number of amides is 1. The number of aromatic hydroxyl groups is 1. The summed E-state index contributed by atoms with van der Waals surface area (Å²) >= 11 is 5.76. The van der Waals surface area contributed by atoms with Gasteiger partial charge in [-0.2, -0.15) is 5.10 Å². The van der Waals surface area contributed by atoms with Crippen LogP contribution in [0.1, 0.15) is 21.5 Å². The number of hydrogen-bond acceptors (Lipinski definition) is 4. The van der Waals surface area contributed by atoms with Gasteiger partial charge in [0.25, 0.3) is 5.91 Å². The van der Waals surface area contributed by atoms with Crippen molar-refractivity contribution < 1.29 is 9.90 Å². The van der Waals surface area contributed by atoms with Gasteiger partial charge < -0.3 is 10.8 Å². The lowest BCUT2D eigenvalue weighted by atomic mass is 10.1. The molecule has 0 aliphatic rings. The molecule has 0 bridgehead atoms. The molecule has 0 aromatic heterocycles. The van der Waals surface area contributed by atoms with E-state index in [0.717, 1.165) is 11.1 Å². The summed E-state index contributed by atoms with van der Waals surface area (Å²) in [5.41, 5.74) is 9.97. The minimum absolute atomic E-state index is 0.0749. The summed E-state index contributed by atoms with van der Waals surface area (Å²) in [6.07, 6.45) is 5.31. The molecule has 0 radical (unpaired) electrons. The van der Waals surface area contributed by atoms with Crippen molar-refractivity contribution in [1.29, 1.82) is 0 Å². The number of halogens is 1. The average Bonchev–Trinajstić information content (AvgIpc) is 2.55. The van der Waals surface area contributed by atoms with Crippen molar-refractivity contribution >= 4 is 29.8 Å². The lowest BCUT2D eigenvalue weighted by molar-refractivity contribution is 0.0955. The highest BCUT2D eigenvalue weighted by molar-refractivity contribution is 6.32. The van der Waals surface area contributed by atoms with E-state index in [1.54, 1.807) is 6.21 Å². The molecule has 5 nitrogen and oxygen atoms in total. The van der Waals surface area contributed by atoms with Crippen LogP contribution in [0.4, 0.5) is 0 Å². The third kappa shape index (κ3) is 4.95. The predicted octanol–water partition coefficient (Wildman–Crippen LogP) is 2.78. The summed E-state index contributed by atoms with van der Waals surface area (Å²) in [5, 5.41) is 13.4. The van der Waals surface area contributed by atoms with Crippen LogP contribution in [0.3, 0.4) is 0 Å². The van der Waals surface area contributed by atoms with Crippen molar-refractivity contribution in [2.75, 3.05) is 6.54 Å².